The summed E-state index contributed by atoms with van der Waals surface area (Å²) in [6.45, 7) is 0. The molecule has 0 bridgehead atoms. The molecule has 0 aliphatic heterocycles. The van der Waals surface area contributed by atoms with Crippen LogP contribution in [0, 0.1) is 0 Å². The lowest BCUT2D eigenvalue weighted by Gasteiger charge is -2.04. The Hall–Kier alpha value is -2.75. The largest absolute Gasteiger partial charge is 0.269 e. The molecular formula is C18H13BFN2. The van der Waals surface area contributed by atoms with Crippen LogP contribution in [0.4, 0.5) is 4.70 Å². The van der Waals surface area contributed by atoms with E-state index in [2.05, 4.69) is 34.2 Å². The first-order valence-corrected chi connectivity index (χ1v) is 6.62. The summed E-state index contributed by atoms with van der Waals surface area (Å²) in [7, 11) is 0. The quantitative estimate of drug-likeness (QED) is 0.490. The third kappa shape index (κ3) is 2.68. The number of para-hydroxylation sites is 2. The SMILES string of the molecule is F.[B].c1ccc2nc(-c3ccc4ccccc4n3)ccc2c1. The summed E-state index contributed by atoms with van der Waals surface area (Å²) in [5.74, 6) is 0. The van der Waals surface area contributed by atoms with E-state index in [0.717, 1.165) is 33.2 Å². The van der Waals surface area contributed by atoms with E-state index in [0.29, 0.717) is 0 Å². The molecule has 0 spiro atoms. The molecule has 2 nitrogen and oxygen atoms in total. The molecule has 0 atom stereocenters. The third-order valence-electron chi connectivity index (χ3n) is 3.46. The minimum Gasteiger partial charge on any atom is -0.269 e. The van der Waals surface area contributed by atoms with Crippen molar-refractivity contribution in [2.75, 3.05) is 0 Å². The second kappa shape index (κ2) is 6.35. The zero-order valence-electron chi connectivity index (χ0n) is 11.8. The number of hydrogen-bond acceptors (Lipinski definition) is 2. The van der Waals surface area contributed by atoms with Crippen LogP contribution < -0.4 is 0 Å². The Balaban J connectivity index is 0.000000882. The Morgan fingerprint density at radius 3 is 1.36 bits per heavy atom. The summed E-state index contributed by atoms with van der Waals surface area (Å²) in [5.41, 5.74) is 3.82. The van der Waals surface area contributed by atoms with E-state index in [1.165, 1.54) is 0 Å². The lowest BCUT2D eigenvalue weighted by atomic mass is 10.1. The van der Waals surface area contributed by atoms with Crippen LogP contribution in [0.3, 0.4) is 0 Å². The maximum absolute atomic E-state index is 4.69. The van der Waals surface area contributed by atoms with Gasteiger partial charge in [-0.05, 0) is 24.3 Å². The Labute approximate surface area is 129 Å². The molecule has 4 heteroatoms. The molecule has 0 saturated carbocycles. The van der Waals surface area contributed by atoms with Crippen molar-refractivity contribution in [3.63, 3.8) is 0 Å². The van der Waals surface area contributed by atoms with Gasteiger partial charge in [0.25, 0.3) is 0 Å². The van der Waals surface area contributed by atoms with Gasteiger partial charge < -0.3 is 0 Å². The molecule has 0 aliphatic rings. The smallest absolute Gasteiger partial charge is 0.0894 e. The molecule has 0 N–H and O–H groups in total. The Morgan fingerprint density at radius 2 is 0.909 bits per heavy atom. The van der Waals surface area contributed by atoms with Crippen LogP contribution in [-0.4, -0.2) is 18.4 Å². The fourth-order valence-electron chi connectivity index (χ4n) is 2.42. The van der Waals surface area contributed by atoms with Gasteiger partial charge in [0.05, 0.1) is 22.4 Å². The lowest BCUT2D eigenvalue weighted by molar-refractivity contribution is 1.11. The topological polar surface area (TPSA) is 25.8 Å². The predicted molar refractivity (Wildman–Crippen MR) is 90.7 cm³/mol. The van der Waals surface area contributed by atoms with Crippen molar-refractivity contribution in [2.45, 2.75) is 0 Å². The van der Waals surface area contributed by atoms with Crippen LogP contribution in [0.5, 0.6) is 0 Å². The first-order chi connectivity index (χ1) is 9.90. The zero-order chi connectivity index (χ0) is 13.4. The lowest BCUT2D eigenvalue weighted by Crippen LogP contribution is -1.89. The number of rotatable bonds is 1. The molecule has 2 heterocycles. The molecule has 4 rings (SSSR count). The first-order valence-electron chi connectivity index (χ1n) is 6.62. The average molecular weight is 287 g/mol. The van der Waals surface area contributed by atoms with E-state index in [9.17, 15) is 0 Å². The standard InChI is InChI=1S/C18H12N2.B.FH/c1-3-7-15-13(5-1)9-11-17(19-15)18-12-10-14-6-2-4-8-16(14)20-18;;/h1-12H;;1H. The monoisotopic (exact) mass is 287 g/mol. The van der Waals surface area contributed by atoms with E-state index in [-0.39, 0.29) is 13.1 Å². The number of hydrogen-bond donors (Lipinski definition) is 0. The Kier molecular flexibility index (Phi) is 4.51. The fourth-order valence-corrected chi connectivity index (χ4v) is 2.42. The van der Waals surface area contributed by atoms with Crippen LogP contribution in [0.1, 0.15) is 0 Å². The van der Waals surface area contributed by atoms with Crippen molar-refractivity contribution in [2.24, 2.45) is 0 Å². The normalized spacial score (nSPS) is 10.0. The summed E-state index contributed by atoms with van der Waals surface area (Å²) < 4.78 is 0. The summed E-state index contributed by atoms with van der Waals surface area (Å²) in [4.78, 5) is 9.38. The summed E-state index contributed by atoms with van der Waals surface area (Å²) in [6, 6.07) is 24.5. The van der Waals surface area contributed by atoms with Gasteiger partial charge in [0.2, 0.25) is 0 Å². The van der Waals surface area contributed by atoms with E-state index in [1.54, 1.807) is 0 Å². The molecule has 0 amide bonds. The molecule has 2 aromatic heterocycles. The molecular weight excluding hydrogens is 274 g/mol. The highest BCUT2D eigenvalue weighted by molar-refractivity contribution is 5.83. The van der Waals surface area contributed by atoms with Crippen molar-refractivity contribution < 1.29 is 4.70 Å². The molecule has 0 saturated heterocycles. The van der Waals surface area contributed by atoms with Crippen molar-refractivity contribution in [3.8, 4) is 11.4 Å². The average Bonchev–Trinajstić information content (AvgIpc) is 2.54. The number of nitrogens with zero attached hydrogens (tertiary/aromatic N) is 2. The molecule has 0 aliphatic carbocycles. The number of aromatic nitrogens is 2. The number of benzene rings is 2. The van der Waals surface area contributed by atoms with Crippen molar-refractivity contribution in [1.29, 1.82) is 0 Å². The summed E-state index contributed by atoms with van der Waals surface area (Å²) >= 11 is 0. The Bertz CT molecular complexity index is 847. The molecule has 3 radical (unpaired) electrons. The fraction of sp³-hybridized carbons (Fsp3) is 0. The molecule has 4 aromatic rings. The zero-order valence-corrected chi connectivity index (χ0v) is 11.8. The van der Waals surface area contributed by atoms with Gasteiger partial charge in [-0.2, -0.15) is 0 Å². The van der Waals surface area contributed by atoms with Gasteiger partial charge in [-0.1, -0.05) is 48.5 Å². The second-order valence-electron chi connectivity index (χ2n) is 4.78. The van der Waals surface area contributed by atoms with Gasteiger partial charge >= 0.3 is 0 Å². The maximum atomic E-state index is 4.69. The van der Waals surface area contributed by atoms with Gasteiger partial charge in [0.15, 0.2) is 0 Å². The van der Waals surface area contributed by atoms with Gasteiger partial charge in [-0.25, -0.2) is 9.97 Å². The molecule has 105 valence electrons. The highest BCUT2D eigenvalue weighted by Gasteiger charge is 2.03. The van der Waals surface area contributed by atoms with E-state index < -0.39 is 0 Å². The van der Waals surface area contributed by atoms with Crippen LogP contribution in [0.15, 0.2) is 72.8 Å². The first kappa shape index (κ1) is 15.6. The minimum absolute atomic E-state index is 0. The van der Waals surface area contributed by atoms with Crippen LogP contribution >= 0.6 is 0 Å². The number of halogens is 1. The Morgan fingerprint density at radius 1 is 0.500 bits per heavy atom. The van der Waals surface area contributed by atoms with Crippen molar-refractivity contribution in [1.82, 2.24) is 9.97 Å². The van der Waals surface area contributed by atoms with Gasteiger partial charge in [0.1, 0.15) is 0 Å². The van der Waals surface area contributed by atoms with Gasteiger partial charge in [0, 0.05) is 19.2 Å². The maximum Gasteiger partial charge on any atom is 0.0894 e. The molecule has 22 heavy (non-hydrogen) atoms. The van der Waals surface area contributed by atoms with E-state index in [1.807, 2.05) is 48.5 Å². The van der Waals surface area contributed by atoms with E-state index >= 15 is 0 Å². The van der Waals surface area contributed by atoms with E-state index in [4.69, 9.17) is 0 Å². The third-order valence-corrected chi connectivity index (χ3v) is 3.46. The minimum atomic E-state index is 0. The highest BCUT2D eigenvalue weighted by atomic mass is 19.0. The second-order valence-corrected chi connectivity index (χ2v) is 4.78. The molecule has 0 unspecified atom stereocenters. The van der Waals surface area contributed by atoms with Crippen LogP contribution in [-0.2, 0) is 0 Å². The van der Waals surface area contributed by atoms with Gasteiger partial charge in [-0.3, -0.25) is 4.70 Å². The van der Waals surface area contributed by atoms with Crippen molar-refractivity contribution in [3.05, 3.63) is 72.8 Å². The molecule has 0 fully saturated rings. The predicted octanol–water partition coefficient (Wildman–Crippen LogP) is 4.22. The number of pyridine rings is 2. The molecule has 2 aromatic carbocycles. The van der Waals surface area contributed by atoms with Crippen molar-refractivity contribution >= 4 is 30.2 Å². The summed E-state index contributed by atoms with van der Waals surface area (Å²) in [5, 5.41) is 2.30. The number of fused-ring (bicyclic) bond motifs is 2. The highest BCUT2D eigenvalue weighted by Crippen LogP contribution is 2.21. The summed E-state index contributed by atoms with van der Waals surface area (Å²) in [6.07, 6.45) is 0. The van der Waals surface area contributed by atoms with Gasteiger partial charge in [-0.15, -0.1) is 0 Å². The van der Waals surface area contributed by atoms with Crippen LogP contribution in [0.25, 0.3) is 33.2 Å². The van der Waals surface area contributed by atoms with Crippen LogP contribution in [0.2, 0.25) is 0 Å².